The molecule has 1 heterocycles. The van der Waals surface area contributed by atoms with E-state index in [0.717, 1.165) is 25.1 Å². The molecule has 0 fully saturated rings. The molecule has 0 bridgehead atoms. The molecule has 3 nitrogen and oxygen atoms in total. The van der Waals surface area contributed by atoms with Crippen LogP contribution >= 0.6 is 0 Å². The number of aryl methyl sites for hydroxylation is 2. The molecule has 1 aliphatic heterocycles. The van der Waals surface area contributed by atoms with Gasteiger partial charge < -0.3 is 10.2 Å². The molecule has 3 heteroatoms. The Kier molecular flexibility index (Phi) is 4.14. The lowest BCUT2D eigenvalue weighted by Gasteiger charge is -2.35. The molecule has 0 saturated heterocycles. The molecule has 0 spiro atoms. The van der Waals surface area contributed by atoms with Crippen LogP contribution in [-0.2, 0) is 11.2 Å². The molecule has 22 heavy (non-hydrogen) atoms. The quantitative estimate of drug-likeness (QED) is 0.934. The number of carbonyl (C=O) groups excluding carboxylic acids is 1. The number of nitrogens with zero attached hydrogens (tertiary/aromatic N) is 1. The summed E-state index contributed by atoms with van der Waals surface area (Å²) in [5, 5.41) is 3.02. The van der Waals surface area contributed by atoms with Crippen molar-refractivity contribution in [3.8, 4) is 0 Å². The molecule has 0 aliphatic carbocycles. The van der Waals surface area contributed by atoms with E-state index in [-0.39, 0.29) is 11.9 Å². The van der Waals surface area contributed by atoms with E-state index < -0.39 is 0 Å². The van der Waals surface area contributed by atoms with E-state index in [1.807, 2.05) is 44.2 Å². The first-order chi connectivity index (χ1) is 10.6. The van der Waals surface area contributed by atoms with Crippen molar-refractivity contribution < 1.29 is 4.79 Å². The van der Waals surface area contributed by atoms with E-state index >= 15 is 0 Å². The predicted octanol–water partition coefficient (Wildman–Crippen LogP) is 3.77. The third-order valence-electron chi connectivity index (χ3n) is 4.31. The highest BCUT2D eigenvalue weighted by molar-refractivity contribution is 5.96. The summed E-state index contributed by atoms with van der Waals surface area (Å²) in [5.41, 5.74) is 4.58. The third kappa shape index (κ3) is 2.98. The molecule has 0 saturated carbocycles. The van der Waals surface area contributed by atoms with Crippen LogP contribution in [0.15, 0.2) is 48.5 Å². The van der Waals surface area contributed by atoms with E-state index in [4.69, 9.17) is 0 Å². The van der Waals surface area contributed by atoms with E-state index in [0.29, 0.717) is 0 Å². The molecule has 0 radical (unpaired) electrons. The molecular weight excluding hydrogens is 272 g/mol. The van der Waals surface area contributed by atoms with Crippen LogP contribution in [0.1, 0.15) is 24.5 Å². The minimum atomic E-state index is -0.178. The SMILES string of the molecule is Cc1ccc(NC(=O)C(C)N2CCCc3ccccc32)cc1. The second-order valence-corrected chi connectivity index (χ2v) is 5.96. The van der Waals surface area contributed by atoms with Crippen LogP contribution in [0.3, 0.4) is 0 Å². The summed E-state index contributed by atoms with van der Waals surface area (Å²) in [4.78, 5) is 14.8. The van der Waals surface area contributed by atoms with E-state index in [2.05, 4.69) is 28.4 Å². The van der Waals surface area contributed by atoms with Crippen LogP contribution in [0.2, 0.25) is 0 Å². The molecule has 3 rings (SSSR count). The Balaban J connectivity index is 1.75. The Morgan fingerprint density at radius 2 is 1.86 bits per heavy atom. The zero-order valence-corrected chi connectivity index (χ0v) is 13.2. The summed E-state index contributed by atoms with van der Waals surface area (Å²) in [6.45, 7) is 4.95. The minimum absolute atomic E-state index is 0.0422. The van der Waals surface area contributed by atoms with Gasteiger partial charge >= 0.3 is 0 Å². The summed E-state index contributed by atoms with van der Waals surface area (Å²) in [6, 6.07) is 16.1. The fourth-order valence-corrected chi connectivity index (χ4v) is 2.99. The fraction of sp³-hybridized carbons (Fsp3) is 0.316. The molecule has 1 aliphatic rings. The van der Waals surface area contributed by atoms with Crippen LogP contribution in [0.5, 0.6) is 0 Å². The molecule has 1 atom stereocenters. The van der Waals surface area contributed by atoms with Gasteiger partial charge in [-0.2, -0.15) is 0 Å². The number of hydrogen-bond donors (Lipinski definition) is 1. The van der Waals surface area contributed by atoms with E-state index in [1.54, 1.807) is 0 Å². The Hall–Kier alpha value is -2.29. The maximum absolute atomic E-state index is 12.6. The van der Waals surface area contributed by atoms with Gasteiger partial charge in [-0.05, 0) is 50.5 Å². The minimum Gasteiger partial charge on any atom is -0.360 e. The van der Waals surface area contributed by atoms with Gasteiger partial charge in [0.2, 0.25) is 5.91 Å². The van der Waals surface area contributed by atoms with Gasteiger partial charge in [0.05, 0.1) is 0 Å². The van der Waals surface area contributed by atoms with Crippen molar-refractivity contribution in [1.29, 1.82) is 0 Å². The summed E-state index contributed by atoms with van der Waals surface area (Å²) < 4.78 is 0. The maximum Gasteiger partial charge on any atom is 0.246 e. The van der Waals surface area contributed by atoms with Crippen LogP contribution in [0.25, 0.3) is 0 Å². The Morgan fingerprint density at radius 3 is 2.64 bits per heavy atom. The second-order valence-electron chi connectivity index (χ2n) is 5.96. The number of hydrogen-bond acceptors (Lipinski definition) is 2. The van der Waals surface area contributed by atoms with Crippen molar-refractivity contribution in [2.24, 2.45) is 0 Å². The average molecular weight is 294 g/mol. The monoisotopic (exact) mass is 294 g/mol. The summed E-state index contributed by atoms with van der Waals surface area (Å²) in [6.07, 6.45) is 2.19. The molecule has 1 unspecified atom stereocenters. The lowest BCUT2D eigenvalue weighted by atomic mass is 10.00. The Labute approximate surface area is 132 Å². The number of amides is 1. The number of anilines is 2. The van der Waals surface area contributed by atoms with Crippen molar-refractivity contribution in [2.75, 3.05) is 16.8 Å². The first-order valence-corrected chi connectivity index (χ1v) is 7.87. The molecule has 114 valence electrons. The highest BCUT2D eigenvalue weighted by Crippen LogP contribution is 2.28. The lowest BCUT2D eigenvalue weighted by Crippen LogP contribution is -2.44. The number of para-hydroxylation sites is 1. The van der Waals surface area contributed by atoms with Gasteiger partial charge in [0.15, 0.2) is 0 Å². The van der Waals surface area contributed by atoms with Gasteiger partial charge in [0, 0.05) is 17.9 Å². The van der Waals surface area contributed by atoms with Crippen LogP contribution in [-0.4, -0.2) is 18.5 Å². The van der Waals surface area contributed by atoms with Crippen LogP contribution in [0, 0.1) is 6.92 Å². The standard InChI is InChI=1S/C19H22N2O/c1-14-9-11-17(12-10-14)20-19(22)15(2)21-13-5-7-16-6-3-4-8-18(16)21/h3-4,6,8-12,15H,5,7,13H2,1-2H3,(H,20,22). The normalized spacial score (nSPS) is 15.1. The topological polar surface area (TPSA) is 32.3 Å². The van der Waals surface area contributed by atoms with Crippen molar-refractivity contribution in [3.63, 3.8) is 0 Å². The highest BCUT2D eigenvalue weighted by Gasteiger charge is 2.25. The van der Waals surface area contributed by atoms with Crippen LogP contribution in [0.4, 0.5) is 11.4 Å². The molecule has 1 N–H and O–H groups in total. The summed E-state index contributed by atoms with van der Waals surface area (Å²) in [7, 11) is 0. The number of fused-ring (bicyclic) bond motifs is 1. The van der Waals surface area contributed by atoms with E-state index in [9.17, 15) is 4.79 Å². The highest BCUT2D eigenvalue weighted by atomic mass is 16.2. The van der Waals surface area contributed by atoms with Gasteiger partial charge in [0.1, 0.15) is 6.04 Å². The third-order valence-corrected chi connectivity index (χ3v) is 4.31. The zero-order chi connectivity index (χ0) is 15.5. The van der Waals surface area contributed by atoms with E-state index in [1.165, 1.54) is 16.8 Å². The molecule has 2 aromatic carbocycles. The fourth-order valence-electron chi connectivity index (χ4n) is 2.99. The first-order valence-electron chi connectivity index (χ1n) is 7.87. The smallest absolute Gasteiger partial charge is 0.246 e. The molecular formula is C19H22N2O. The van der Waals surface area contributed by atoms with Crippen molar-refractivity contribution in [1.82, 2.24) is 0 Å². The summed E-state index contributed by atoms with van der Waals surface area (Å²) in [5.74, 6) is 0.0422. The van der Waals surface area contributed by atoms with Gasteiger partial charge in [-0.25, -0.2) is 0 Å². The van der Waals surface area contributed by atoms with Crippen LogP contribution < -0.4 is 10.2 Å². The predicted molar refractivity (Wildman–Crippen MR) is 91.4 cm³/mol. The number of carbonyl (C=O) groups is 1. The molecule has 1 amide bonds. The Bertz CT molecular complexity index is 663. The number of benzene rings is 2. The maximum atomic E-state index is 12.6. The van der Waals surface area contributed by atoms with Crippen molar-refractivity contribution in [3.05, 3.63) is 59.7 Å². The second kappa shape index (κ2) is 6.22. The molecule has 2 aromatic rings. The zero-order valence-electron chi connectivity index (χ0n) is 13.2. The average Bonchev–Trinajstić information content (AvgIpc) is 2.55. The number of rotatable bonds is 3. The van der Waals surface area contributed by atoms with Gasteiger partial charge in [-0.1, -0.05) is 35.9 Å². The van der Waals surface area contributed by atoms with Crippen molar-refractivity contribution >= 4 is 17.3 Å². The lowest BCUT2D eigenvalue weighted by molar-refractivity contribution is -0.117. The van der Waals surface area contributed by atoms with Gasteiger partial charge in [-0.15, -0.1) is 0 Å². The number of nitrogens with one attached hydrogen (secondary N) is 1. The summed E-state index contributed by atoms with van der Waals surface area (Å²) >= 11 is 0. The largest absolute Gasteiger partial charge is 0.360 e. The van der Waals surface area contributed by atoms with Crippen molar-refractivity contribution in [2.45, 2.75) is 32.7 Å². The van der Waals surface area contributed by atoms with Gasteiger partial charge in [0.25, 0.3) is 0 Å². The molecule has 0 aromatic heterocycles. The van der Waals surface area contributed by atoms with Gasteiger partial charge in [-0.3, -0.25) is 4.79 Å². The Morgan fingerprint density at radius 1 is 1.14 bits per heavy atom. The first kappa shape index (κ1) is 14.6.